The standard InChI is InChI=1S/C20H14F2N8O/c21-11-3-4-14(23-9-11)19-26-27-20(31-19)29-7-5-13-17(25-10-24-13)18(29)15-8-16-12(22)2-1-6-30(16)28-15/h1-4,6,8-10,18H,5,7H2,(H,24,25)/t18-/m0/s1. The molecule has 154 valence electrons. The van der Waals surface area contributed by atoms with Crippen molar-refractivity contribution >= 4 is 11.5 Å². The number of fused-ring (bicyclic) bond motifs is 2. The SMILES string of the molecule is Fc1ccc(-c2nnc(N3CCc4[nH]cnc4[C@@H]3c3cc4c(F)cccn4n3)o2)nc1. The minimum Gasteiger partial charge on any atom is -0.402 e. The summed E-state index contributed by atoms with van der Waals surface area (Å²) in [7, 11) is 0. The zero-order chi connectivity index (χ0) is 20.9. The van der Waals surface area contributed by atoms with E-state index in [1.807, 2.05) is 4.90 Å². The molecule has 1 aliphatic heterocycles. The summed E-state index contributed by atoms with van der Waals surface area (Å²) in [6.07, 6.45) is 5.08. The molecule has 0 aromatic carbocycles. The van der Waals surface area contributed by atoms with Crippen LogP contribution in [0.15, 0.2) is 53.5 Å². The van der Waals surface area contributed by atoms with Crippen LogP contribution in [0.1, 0.15) is 23.1 Å². The van der Waals surface area contributed by atoms with Gasteiger partial charge >= 0.3 is 6.01 Å². The van der Waals surface area contributed by atoms with Gasteiger partial charge in [-0.1, -0.05) is 5.10 Å². The molecule has 1 atom stereocenters. The van der Waals surface area contributed by atoms with Gasteiger partial charge in [-0.25, -0.2) is 23.3 Å². The Bertz CT molecular complexity index is 1390. The maximum atomic E-state index is 14.3. The van der Waals surface area contributed by atoms with E-state index in [0.29, 0.717) is 29.9 Å². The van der Waals surface area contributed by atoms with Gasteiger partial charge in [0.1, 0.15) is 28.9 Å². The van der Waals surface area contributed by atoms with Gasteiger partial charge in [0.05, 0.1) is 23.9 Å². The van der Waals surface area contributed by atoms with Gasteiger partial charge in [0.25, 0.3) is 5.89 Å². The normalized spacial score (nSPS) is 16.1. The number of hydrogen-bond acceptors (Lipinski definition) is 7. The average molecular weight is 420 g/mol. The minimum absolute atomic E-state index is 0.169. The van der Waals surface area contributed by atoms with Crippen LogP contribution in [0.5, 0.6) is 0 Å². The fourth-order valence-electron chi connectivity index (χ4n) is 3.85. The van der Waals surface area contributed by atoms with Crippen molar-refractivity contribution < 1.29 is 13.2 Å². The Labute approximate surface area is 173 Å². The largest absolute Gasteiger partial charge is 0.402 e. The third kappa shape index (κ3) is 2.85. The highest BCUT2D eigenvalue weighted by atomic mass is 19.1. The van der Waals surface area contributed by atoms with Crippen LogP contribution >= 0.6 is 0 Å². The highest BCUT2D eigenvalue weighted by Crippen LogP contribution is 2.37. The molecule has 0 spiro atoms. The lowest BCUT2D eigenvalue weighted by Crippen LogP contribution is -2.36. The summed E-state index contributed by atoms with van der Waals surface area (Å²) in [5.74, 6) is -0.652. The highest BCUT2D eigenvalue weighted by molar-refractivity contribution is 5.54. The van der Waals surface area contributed by atoms with E-state index in [1.165, 1.54) is 22.7 Å². The van der Waals surface area contributed by atoms with Crippen LogP contribution in [-0.2, 0) is 6.42 Å². The number of aromatic nitrogens is 7. The topological polar surface area (TPSA) is 101 Å². The summed E-state index contributed by atoms with van der Waals surface area (Å²) in [6, 6.07) is 7.21. The summed E-state index contributed by atoms with van der Waals surface area (Å²) in [6.45, 7) is 0.550. The maximum Gasteiger partial charge on any atom is 0.319 e. The van der Waals surface area contributed by atoms with Gasteiger partial charge in [0, 0.05) is 24.9 Å². The van der Waals surface area contributed by atoms with E-state index in [-0.39, 0.29) is 17.7 Å². The Morgan fingerprint density at radius 1 is 1.13 bits per heavy atom. The quantitative estimate of drug-likeness (QED) is 0.479. The third-order valence-corrected chi connectivity index (χ3v) is 5.28. The van der Waals surface area contributed by atoms with Gasteiger partial charge in [0.2, 0.25) is 0 Å². The second-order valence-electron chi connectivity index (χ2n) is 7.12. The molecule has 5 aromatic rings. The molecule has 0 radical (unpaired) electrons. The average Bonchev–Trinajstić information content (AvgIpc) is 3.52. The Hall–Kier alpha value is -4.15. The van der Waals surface area contributed by atoms with Crippen LogP contribution in [0.2, 0.25) is 0 Å². The van der Waals surface area contributed by atoms with Gasteiger partial charge in [0.15, 0.2) is 0 Å². The van der Waals surface area contributed by atoms with E-state index in [1.54, 1.807) is 24.7 Å². The summed E-state index contributed by atoms with van der Waals surface area (Å²) in [5.41, 5.74) is 3.05. The number of hydrogen-bond donors (Lipinski definition) is 1. The van der Waals surface area contributed by atoms with Crippen LogP contribution in [0.4, 0.5) is 14.8 Å². The minimum atomic E-state index is -0.455. The fourth-order valence-corrected chi connectivity index (χ4v) is 3.85. The molecule has 0 saturated carbocycles. The van der Waals surface area contributed by atoms with E-state index in [0.717, 1.165) is 17.6 Å². The molecule has 9 nitrogen and oxygen atoms in total. The predicted octanol–water partition coefficient (Wildman–Crippen LogP) is 2.93. The summed E-state index contributed by atoms with van der Waals surface area (Å²) >= 11 is 0. The second kappa shape index (κ2) is 6.69. The molecular formula is C20H14F2N8O. The molecule has 0 unspecified atom stereocenters. The molecule has 0 aliphatic carbocycles. The van der Waals surface area contributed by atoms with Crippen molar-refractivity contribution in [2.45, 2.75) is 12.5 Å². The van der Waals surface area contributed by atoms with Gasteiger partial charge < -0.3 is 14.3 Å². The van der Waals surface area contributed by atoms with Crippen molar-refractivity contribution in [3.63, 3.8) is 0 Å². The first kappa shape index (κ1) is 17.7. The Morgan fingerprint density at radius 3 is 2.90 bits per heavy atom. The first-order valence-electron chi connectivity index (χ1n) is 9.55. The Morgan fingerprint density at radius 2 is 2.06 bits per heavy atom. The fraction of sp³-hybridized carbons (Fsp3) is 0.150. The maximum absolute atomic E-state index is 14.3. The van der Waals surface area contributed by atoms with Gasteiger partial charge in [-0.3, -0.25) is 0 Å². The third-order valence-electron chi connectivity index (χ3n) is 5.28. The monoisotopic (exact) mass is 420 g/mol. The van der Waals surface area contributed by atoms with Crippen LogP contribution in [0.25, 0.3) is 17.1 Å². The van der Waals surface area contributed by atoms with Crippen molar-refractivity contribution in [2.24, 2.45) is 0 Å². The zero-order valence-electron chi connectivity index (χ0n) is 15.9. The summed E-state index contributed by atoms with van der Waals surface area (Å²) in [5, 5.41) is 12.8. The number of H-pyrrole nitrogens is 1. The molecule has 6 rings (SSSR count). The van der Waals surface area contributed by atoms with Gasteiger partial charge in [-0.2, -0.15) is 5.10 Å². The molecule has 0 bridgehead atoms. The lowest BCUT2D eigenvalue weighted by molar-refractivity contribution is 0.502. The lowest BCUT2D eigenvalue weighted by atomic mass is 10.0. The molecule has 1 N–H and O–H groups in total. The number of rotatable bonds is 3. The van der Waals surface area contributed by atoms with E-state index in [4.69, 9.17) is 4.42 Å². The number of halogens is 2. The number of anilines is 1. The molecule has 1 aliphatic rings. The molecule has 0 amide bonds. The predicted molar refractivity (Wildman–Crippen MR) is 104 cm³/mol. The van der Waals surface area contributed by atoms with Crippen molar-refractivity contribution in [3.8, 4) is 11.6 Å². The van der Waals surface area contributed by atoms with Crippen LogP contribution in [0.3, 0.4) is 0 Å². The van der Waals surface area contributed by atoms with Gasteiger partial charge in [-0.05, 0) is 30.3 Å². The lowest BCUT2D eigenvalue weighted by Gasteiger charge is -2.32. The molecular weight excluding hydrogens is 406 g/mol. The summed E-state index contributed by atoms with van der Waals surface area (Å²) < 4.78 is 34.8. The molecule has 5 aromatic heterocycles. The number of pyridine rings is 2. The van der Waals surface area contributed by atoms with Crippen LogP contribution in [0, 0.1) is 11.6 Å². The van der Waals surface area contributed by atoms with Crippen molar-refractivity contribution in [2.75, 3.05) is 11.4 Å². The molecule has 31 heavy (non-hydrogen) atoms. The molecule has 0 saturated heterocycles. The van der Waals surface area contributed by atoms with Crippen molar-refractivity contribution in [3.05, 3.63) is 77.8 Å². The zero-order valence-corrected chi connectivity index (χ0v) is 15.9. The summed E-state index contributed by atoms with van der Waals surface area (Å²) in [4.78, 5) is 13.5. The first-order valence-corrected chi connectivity index (χ1v) is 9.55. The van der Waals surface area contributed by atoms with Crippen LogP contribution < -0.4 is 4.90 Å². The number of aromatic amines is 1. The second-order valence-corrected chi connectivity index (χ2v) is 7.12. The number of nitrogens with zero attached hydrogens (tertiary/aromatic N) is 7. The first-order chi connectivity index (χ1) is 15.2. The van der Waals surface area contributed by atoms with E-state index < -0.39 is 11.9 Å². The number of imidazole rings is 1. The highest BCUT2D eigenvalue weighted by Gasteiger charge is 2.36. The molecule has 6 heterocycles. The van der Waals surface area contributed by atoms with E-state index >= 15 is 0 Å². The number of nitrogens with one attached hydrogen (secondary N) is 1. The van der Waals surface area contributed by atoms with E-state index in [2.05, 4.69) is 30.2 Å². The molecule has 0 fully saturated rings. The van der Waals surface area contributed by atoms with Gasteiger partial charge in [-0.15, -0.1) is 5.10 Å². The van der Waals surface area contributed by atoms with Crippen LogP contribution in [-0.4, -0.2) is 41.3 Å². The molecule has 11 heteroatoms. The smallest absolute Gasteiger partial charge is 0.319 e. The Balaban J connectivity index is 1.44. The van der Waals surface area contributed by atoms with Crippen molar-refractivity contribution in [1.82, 2.24) is 34.8 Å². The van der Waals surface area contributed by atoms with Crippen molar-refractivity contribution in [1.29, 1.82) is 0 Å². The van der Waals surface area contributed by atoms with E-state index in [9.17, 15) is 8.78 Å². The Kier molecular flexibility index (Phi) is 3.82.